The van der Waals surface area contributed by atoms with Crippen LogP contribution in [0.2, 0.25) is 5.02 Å². The zero-order chi connectivity index (χ0) is 19.2. The molecule has 1 unspecified atom stereocenters. The molecule has 0 amide bonds. The fraction of sp³-hybridized carbons (Fsp3) is 0.300. The molecule has 4 nitrogen and oxygen atoms in total. The molecule has 0 aromatic heterocycles. The van der Waals surface area contributed by atoms with Crippen LogP contribution in [0.3, 0.4) is 0 Å². The smallest absolute Gasteiger partial charge is 0.233 e. The Morgan fingerprint density at radius 3 is 2.31 bits per heavy atom. The molecule has 140 valence electrons. The Bertz CT molecular complexity index is 832. The summed E-state index contributed by atoms with van der Waals surface area (Å²) in [7, 11) is -3.53. The molecule has 6 heteroatoms. The molecule has 0 saturated heterocycles. The van der Waals surface area contributed by atoms with Crippen LogP contribution in [-0.4, -0.2) is 20.5 Å². The molecule has 0 saturated carbocycles. The molecule has 0 spiro atoms. The Kier molecular flexibility index (Phi) is 7.01. The third-order valence-corrected chi connectivity index (χ3v) is 5.22. The summed E-state index contributed by atoms with van der Waals surface area (Å²) < 4.78 is 27.1. The minimum absolute atomic E-state index is 0.111. The summed E-state index contributed by atoms with van der Waals surface area (Å²) in [5.41, 5.74) is 1.53. The summed E-state index contributed by atoms with van der Waals surface area (Å²) in [6, 6.07) is 17.1. The quantitative estimate of drug-likeness (QED) is 0.701. The van der Waals surface area contributed by atoms with E-state index in [-0.39, 0.29) is 12.6 Å². The zero-order valence-electron chi connectivity index (χ0n) is 15.2. The standard InChI is InChI=1S/C20H25ClN2O2S/c1-16(18-7-5-4-6-8-18)23-20(2,3)15-22-26(24,25)14-13-17-9-11-19(21)12-10-17/h4-14,16,22-23H,15H2,1-3H3/b14-13+. The van der Waals surface area contributed by atoms with Crippen LogP contribution in [0, 0.1) is 0 Å². The van der Waals surface area contributed by atoms with Crippen molar-refractivity contribution in [1.82, 2.24) is 10.0 Å². The molecular formula is C20H25ClN2O2S. The first-order chi connectivity index (χ1) is 12.2. The van der Waals surface area contributed by atoms with Gasteiger partial charge in [0.2, 0.25) is 10.0 Å². The van der Waals surface area contributed by atoms with E-state index < -0.39 is 15.6 Å². The van der Waals surface area contributed by atoms with Crippen molar-refractivity contribution in [3.8, 4) is 0 Å². The lowest BCUT2D eigenvalue weighted by molar-refractivity contribution is 0.346. The molecule has 2 rings (SSSR count). The van der Waals surface area contributed by atoms with E-state index in [0.717, 1.165) is 11.1 Å². The first-order valence-electron chi connectivity index (χ1n) is 8.43. The minimum Gasteiger partial charge on any atom is -0.304 e. The molecule has 26 heavy (non-hydrogen) atoms. The molecule has 1 atom stereocenters. The highest BCUT2D eigenvalue weighted by atomic mass is 35.5. The zero-order valence-corrected chi connectivity index (χ0v) is 16.8. The van der Waals surface area contributed by atoms with Gasteiger partial charge in [-0.1, -0.05) is 54.1 Å². The fourth-order valence-corrected chi connectivity index (χ4v) is 3.65. The van der Waals surface area contributed by atoms with Gasteiger partial charge in [-0.25, -0.2) is 13.1 Å². The average Bonchev–Trinajstić information content (AvgIpc) is 2.60. The highest BCUT2D eigenvalue weighted by Gasteiger charge is 2.22. The summed E-state index contributed by atoms with van der Waals surface area (Å²) in [5.74, 6) is 0. The summed E-state index contributed by atoms with van der Waals surface area (Å²) >= 11 is 5.83. The molecule has 2 aromatic rings. The number of benzene rings is 2. The number of hydrogen-bond donors (Lipinski definition) is 2. The van der Waals surface area contributed by atoms with Crippen molar-refractivity contribution in [3.05, 3.63) is 76.2 Å². The van der Waals surface area contributed by atoms with Gasteiger partial charge in [-0.2, -0.15) is 0 Å². The van der Waals surface area contributed by atoms with Crippen molar-refractivity contribution >= 4 is 27.7 Å². The number of nitrogens with one attached hydrogen (secondary N) is 2. The van der Waals surface area contributed by atoms with Crippen molar-refractivity contribution in [2.45, 2.75) is 32.4 Å². The highest BCUT2D eigenvalue weighted by Crippen LogP contribution is 2.16. The maximum absolute atomic E-state index is 12.2. The van der Waals surface area contributed by atoms with Gasteiger partial charge in [0.1, 0.15) is 0 Å². The predicted molar refractivity (Wildman–Crippen MR) is 109 cm³/mol. The van der Waals surface area contributed by atoms with Crippen molar-refractivity contribution in [2.75, 3.05) is 6.54 Å². The van der Waals surface area contributed by atoms with Gasteiger partial charge >= 0.3 is 0 Å². The second-order valence-electron chi connectivity index (χ2n) is 6.88. The second kappa shape index (κ2) is 8.82. The third-order valence-electron chi connectivity index (χ3n) is 3.93. The van der Waals surface area contributed by atoms with Crippen molar-refractivity contribution in [1.29, 1.82) is 0 Å². The molecule has 2 N–H and O–H groups in total. The molecular weight excluding hydrogens is 368 g/mol. The van der Waals surface area contributed by atoms with E-state index in [2.05, 4.69) is 17.0 Å². The number of rotatable bonds is 8. The maximum Gasteiger partial charge on any atom is 0.233 e. The number of sulfonamides is 1. The van der Waals surface area contributed by atoms with Gasteiger partial charge in [0.05, 0.1) is 0 Å². The summed E-state index contributed by atoms with van der Waals surface area (Å²) in [5, 5.41) is 5.25. The van der Waals surface area contributed by atoms with Crippen LogP contribution < -0.4 is 10.0 Å². The van der Waals surface area contributed by atoms with Gasteiger partial charge in [0.15, 0.2) is 0 Å². The Labute approximate surface area is 161 Å². The van der Waals surface area contributed by atoms with Gasteiger partial charge in [-0.05, 0) is 50.1 Å². The SMILES string of the molecule is CC(NC(C)(C)CNS(=O)(=O)/C=C/c1ccc(Cl)cc1)c1ccccc1. The first-order valence-corrected chi connectivity index (χ1v) is 10.4. The van der Waals surface area contributed by atoms with Crippen LogP contribution in [-0.2, 0) is 10.0 Å². The molecule has 0 aliphatic rings. The Balaban J connectivity index is 1.93. The van der Waals surface area contributed by atoms with Crippen molar-refractivity contribution in [2.24, 2.45) is 0 Å². The minimum atomic E-state index is -3.53. The largest absolute Gasteiger partial charge is 0.304 e. The Morgan fingerprint density at radius 2 is 1.69 bits per heavy atom. The predicted octanol–water partition coefficient (Wildman–Crippen LogP) is 4.36. The molecule has 0 aliphatic heterocycles. The van der Waals surface area contributed by atoms with Crippen LogP contribution in [0.1, 0.15) is 37.9 Å². The first kappa shape index (κ1) is 20.6. The van der Waals surface area contributed by atoms with Gasteiger partial charge < -0.3 is 5.32 Å². The lowest BCUT2D eigenvalue weighted by Crippen LogP contribution is -2.49. The number of halogens is 1. The summed E-state index contributed by atoms with van der Waals surface area (Å²) in [4.78, 5) is 0. The van der Waals surface area contributed by atoms with Crippen LogP contribution in [0.4, 0.5) is 0 Å². The lowest BCUT2D eigenvalue weighted by Gasteiger charge is -2.30. The van der Waals surface area contributed by atoms with Crippen LogP contribution >= 0.6 is 11.6 Å². The number of hydrogen-bond acceptors (Lipinski definition) is 3. The monoisotopic (exact) mass is 392 g/mol. The van der Waals surface area contributed by atoms with E-state index in [1.165, 1.54) is 5.41 Å². The molecule has 0 heterocycles. The molecule has 0 bridgehead atoms. The maximum atomic E-state index is 12.2. The molecule has 0 radical (unpaired) electrons. The van der Waals surface area contributed by atoms with Crippen LogP contribution in [0.25, 0.3) is 6.08 Å². The van der Waals surface area contributed by atoms with Crippen LogP contribution in [0.5, 0.6) is 0 Å². The topological polar surface area (TPSA) is 58.2 Å². The third kappa shape index (κ3) is 6.92. The van der Waals surface area contributed by atoms with Gasteiger partial charge in [0.25, 0.3) is 0 Å². The molecule has 0 aliphatic carbocycles. The van der Waals surface area contributed by atoms with E-state index in [4.69, 9.17) is 11.6 Å². The van der Waals surface area contributed by atoms with Crippen molar-refractivity contribution < 1.29 is 8.42 Å². The van der Waals surface area contributed by atoms with Gasteiger partial charge in [0, 0.05) is 28.6 Å². The summed E-state index contributed by atoms with van der Waals surface area (Å²) in [6.45, 7) is 6.28. The van der Waals surface area contributed by atoms with E-state index >= 15 is 0 Å². The second-order valence-corrected chi connectivity index (χ2v) is 8.97. The Hall–Kier alpha value is -1.66. The lowest BCUT2D eigenvalue weighted by atomic mass is 10.0. The van der Waals surface area contributed by atoms with E-state index in [1.807, 2.05) is 44.2 Å². The average molecular weight is 393 g/mol. The van der Waals surface area contributed by atoms with Gasteiger partial charge in [-0.15, -0.1) is 0 Å². The van der Waals surface area contributed by atoms with E-state index in [9.17, 15) is 8.42 Å². The summed E-state index contributed by atoms with van der Waals surface area (Å²) in [6.07, 6.45) is 1.55. The Morgan fingerprint density at radius 1 is 1.08 bits per heavy atom. The highest BCUT2D eigenvalue weighted by molar-refractivity contribution is 7.92. The van der Waals surface area contributed by atoms with Crippen LogP contribution in [0.15, 0.2) is 60.0 Å². The van der Waals surface area contributed by atoms with E-state index in [1.54, 1.807) is 30.3 Å². The van der Waals surface area contributed by atoms with Crippen molar-refractivity contribution in [3.63, 3.8) is 0 Å². The molecule has 0 fully saturated rings. The van der Waals surface area contributed by atoms with Gasteiger partial charge in [-0.3, -0.25) is 0 Å². The van der Waals surface area contributed by atoms with E-state index in [0.29, 0.717) is 5.02 Å². The molecule has 2 aromatic carbocycles. The normalized spacial score (nSPS) is 13.8. The fourth-order valence-electron chi connectivity index (χ4n) is 2.53.